The average Bonchev–Trinajstić information content (AvgIpc) is 2.27. The lowest BCUT2D eigenvalue weighted by Crippen LogP contribution is -2.09. The van der Waals surface area contributed by atoms with E-state index in [2.05, 4.69) is 18.0 Å². The quantitative estimate of drug-likeness (QED) is 0.783. The molecule has 2 aromatic rings. The monoisotopic (exact) mass is 186 g/mol. The summed E-state index contributed by atoms with van der Waals surface area (Å²) >= 11 is 0. The Labute approximate surface area is 83.8 Å². The summed E-state index contributed by atoms with van der Waals surface area (Å²) in [7, 11) is 0. The summed E-state index contributed by atoms with van der Waals surface area (Å²) in [6, 6.07) is 10.2. The molecule has 0 aliphatic heterocycles. The van der Waals surface area contributed by atoms with Gasteiger partial charge < -0.3 is 5.73 Å². The van der Waals surface area contributed by atoms with Gasteiger partial charge >= 0.3 is 0 Å². The molecular weight excluding hydrogens is 172 g/mol. The van der Waals surface area contributed by atoms with E-state index in [1.54, 1.807) is 0 Å². The molecule has 2 nitrogen and oxygen atoms in total. The largest absolute Gasteiger partial charge is 0.324 e. The van der Waals surface area contributed by atoms with Crippen molar-refractivity contribution in [3.63, 3.8) is 0 Å². The van der Waals surface area contributed by atoms with Gasteiger partial charge in [-0.3, -0.25) is 4.98 Å². The highest BCUT2D eigenvalue weighted by Gasteiger charge is 2.07. The van der Waals surface area contributed by atoms with Crippen molar-refractivity contribution in [3.8, 4) is 0 Å². The van der Waals surface area contributed by atoms with Crippen LogP contribution in [0.15, 0.2) is 36.5 Å². The summed E-state index contributed by atoms with van der Waals surface area (Å²) in [4.78, 5) is 4.30. The highest BCUT2D eigenvalue weighted by Crippen LogP contribution is 2.22. The van der Waals surface area contributed by atoms with Crippen molar-refractivity contribution in [2.75, 3.05) is 0 Å². The van der Waals surface area contributed by atoms with Crippen molar-refractivity contribution in [1.82, 2.24) is 4.98 Å². The Balaban J connectivity index is 2.65. The molecule has 2 heteroatoms. The summed E-state index contributed by atoms with van der Waals surface area (Å²) in [5.41, 5.74) is 8.25. The van der Waals surface area contributed by atoms with Crippen molar-refractivity contribution in [1.29, 1.82) is 0 Å². The topological polar surface area (TPSA) is 38.9 Å². The third-order valence-electron chi connectivity index (χ3n) is 2.52. The zero-order valence-corrected chi connectivity index (χ0v) is 8.27. The first-order valence-electron chi connectivity index (χ1n) is 4.92. The molecule has 0 amide bonds. The lowest BCUT2D eigenvalue weighted by Gasteiger charge is -2.11. The van der Waals surface area contributed by atoms with Gasteiger partial charge in [-0.05, 0) is 24.1 Å². The molecule has 1 atom stereocenters. The minimum Gasteiger partial charge on any atom is -0.324 e. The number of fused-ring (bicyclic) bond motifs is 1. The van der Waals surface area contributed by atoms with Gasteiger partial charge in [-0.15, -0.1) is 0 Å². The number of aromatic nitrogens is 1. The third kappa shape index (κ3) is 1.49. The maximum atomic E-state index is 6.03. The van der Waals surface area contributed by atoms with Crippen LogP contribution in [0.4, 0.5) is 0 Å². The number of pyridine rings is 1. The van der Waals surface area contributed by atoms with Gasteiger partial charge in [0.15, 0.2) is 0 Å². The van der Waals surface area contributed by atoms with Crippen LogP contribution < -0.4 is 5.73 Å². The molecule has 1 aromatic heterocycles. The Hall–Kier alpha value is -1.41. The number of nitrogens with zero attached hydrogens (tertiary/aromatic N) is 1. The normalized spacial score (nSPS) is 13.0. The number of benzene rings is 1. The molecular formula is C12H14N2. The highest BCUT2D eigenvalue weighted by molar-refractivity contribution is 5.82. The first-order valence-corrected chi connectivity index (χ1v) is 4.92. The second-order valence-corrected chi connectivity index (χ2v) is 3.43. The van der Waals surface area contributed by atoms with Crippen molar-refractivity contribution in [2.45, 2.75) is 19.4 Å². The maximum absolute atomic E-state index is 6.03. The number of rotatable bonds is 2. The molecule has 2 N–H and O–H groups in total. The van der Waals surface area contributed by atoms with E-state index in [9.17, 15) is 0 Å². The van der Waals surface area contributed by atoms with Gasteiger partial charge in [0.05, 0.1) is 5.52 Å². The van der Waals surface area contributed by atoms with Crippen molar-refractivity contribution >= 4 is 10.9 Å². The average molecular weight is 186 g/mol. The van der Waals surface area contributed by atoms with Crippen LogP contribution >= 0.6 is 0 Å². The number of nitrogens with two attached hydrogens (primary N) is 1. The van der Waals surface area contributed by atoms with E-state index in [0.717, 1.165) is 11.9 Å². The fourth-order valence-electron chi connectivity index (χ4n) is 1.66. The molecule has 14 heavy (non-hydrogen) atoms. The zero-order chi connectivity index (χ0) is 9.97. The van der Waals surface area contributed by atoms with Gasteiger partial charge in [0.1, 0.15) is 0 Å². The number of hydrogen-bond acceptors (Lipinski definition) is 2. The fourth-order valence-corrected chi connectivity index (χ4v) is 1.66. The van der Waals surface area contributed by atoms with Crippen LogP contribution in [-0.4, -0.2) is 4.98 Å². The Kier molecular flexibility index (Phi) is 2.46. The Morgan fingerprint density at radius 1 is 1.29 bits per heavy atom. The van der Waals surface area contributed by atoms with Crippen LogP contribution in [0.25, 0.3) is 10.9 Å². The molecule has 0 saturated heterocycles. The van der Waals surface area contributed by atoms with Gasteiger partial charge in [0.25, 0.3) is 0 Å². The molecule has 0 fully saturated rings. The second kappa shape index (κ2) is 3.76. The van der Waals surface area contributed by atoms with E-state index < -0.39 is 0 Å². The van der Waals surface area contributed by atoms with E-state index in [1.165, 1.54) is 10.9 Å². The molecule has 1 aromatic carbocycles. The first-order chi connectivity index (χ1) is 6.83. The summed E-state index contributed by atoms with van der Waals surface area (Å²) in [6.45, 7) is 2.10. The van der Waals surface area contributed by atoms with Crippen LogP contribution in [-0.2, 0) is 0 Å². The molecule has 0 aliphatic carbocycles. The van der Waals surface area contributed by atoms with E-state index in [-0.39, 0.29) is 6.04 Å². The summed E-state index contributed by atoms with van der Waals surface area (Å²) in [6.07, 6.45) is 2.78. The summed E-state index contributed by atoms with van der Waals surface area (Å²) < 4.78 is 0. The summed E-state index contributed by atoms with van der Waals surface area (Å²) in [5, 5.41) is 1.17. The van der Waals surface area contributed by atoms with E-state index >= 15 is 0 Å². The van der Waals surface area contributed by atoms with Crippen molar-refractivity contribution in [2.24, 2.45) is 5.73 Å². The smallest absolute Gasteiger partial charge is 0.0705 e. The van der Waals surface area contributed by atoms with Crippen LogP contribution in [0, 0.1) is 0 Å². The lowest BCUT2D eigenvalue weighted by atomic mass is 10.0. The predicted octanol–water partition coefficient (Wildman–Crippen LogP) is 2.64. The molecule has 0 saturated carbocycles. The number of hydrogen-bond donors (Lipinski definition) is 1. The standard InChI is InChI=1S/C12H14N2/c1-2-11(13)9-7-8-14-12-6-4-3-5-10(9)12/h3-8,11H,2,13H2,1H3. The molecule has 1 unspecified atom stereocenters. The maximum Gasteiger partial charge on any atom is 0.0705 e. The molecule has 1 heterocycles. The van der Waals surface area contributed by atoms with Crippen molar-refractivity contribution in [3.05, 3.63) is 42.1 Å². The second-order valence-electron chi connectivity index (χ2n) is 3.43. The summed E-state index contributed by atoms with van der Waals surface area (Å²) in [5.74, 6) is 0. The molecule has 0 radical (unpaired) electrons. The minimum absolute atomic E-state index is 0.114. The Bertz CT molecular complexity index is 432. The van der Waals surface area contributed by atoms with Crippen LogP contribution in [0.1, 0.15) is 24.9 Å². The molecule has 0 bridgehead atoms. The van der Waals surface area contributed by atoms with Gasteiger partial charge in [-0.2, -0.15) is 0 Å². The van der Waals surface area contributed by atoms with Gasteiger partial charge in [-0.25, -0.2) is 0 Å². The first kappa shape index (κ1) is 9.16. The predicted molar refractivity (Wildman–Crippen MR) is 59.0 cm³/mol. The van der Waals surface area contributed by atoms with Gasteiger partial charge in [0.2, 0.25) is 0 Å². The molecule has 0 spiro atoms. The molecule has 72 valence electrons. The van der Waals surface area contributed by atoms with Crippen molar-refractivity contribution < 1.29 is 0 Å². The van der Waals surface area contributed by atoms with E-state index in [1.807, 2.05) is 30.5 Å². The molecule has 2 rings (SSSR count). The Morgan fingerprint density at radius 3 is 2.86 bits per heavy atom. The number of para-hydroxylation sites is 1. The fraction of sp³-hybridized carbons (Fsp3) is 0.250. The van der Waals surface area contributed by atoms with E-state index in [0.29, 0.717) is 0 Å². The molecule has 0 aliphatic rings. The van der Waals surface area contributed by atoms with Gasteiger partial charge in [-0.1, -0.05) is 25.1 Å². The van der Waals surface area contributed by atoms with E-state index in [4.69, 9.17) is 5.73 Å². The lowest BCUT2D eigenvalue weighted by molar-refractivity contribution is 0.703. The van der Waals surface area contributed by atoms with Gasteiger partial charge in [0, 0.05) is 17.6 Å². The van der Waals surface area contributed by atoms with Crippen LogP contribution in [0.2, 0.25) is 0 Å². The Morgan fingerprint density at radius 2 is 2.07 bits per heavy atom. The van der Waals surface area contributed by atoms with Crippen LogP contribution in [0.5, 0.6) is 0 Å². The zero-order valence-electron chi connectivity index (χ0n) is 8.27. The third-order valence-corrected chi connectivity index (χ3v) is 2.52. The SMILES string of the molecule is CCC(N)c1ccnc2ccccc12. The minimum atomic E-state index is 0.114. The van der Waals surface area contributed by atoms with Crippen LogP contribution in [0.3, 0.4) is 0 Å². The highest BCUT2D eigenvalue weighted by atomic mass is 14.7.